The smallest absolute Gasteiger partial charge is 0.195 e. The van der Waals surface area contributed by atoms with Gasteiger partial charge in [0.1, 0.15) is 0 Å². The van der Waals surface area contributed by atoms with Crippen molar-refractivity contribution >= 4 is 43.9 Å². The average Bonchev–Trinajstić information content (AvgIpc) is 2.85. The van der Waals surface area contributed by atoms with E-state index in [9.17, 15) is 9.59 Å². The van der Waals surface area contributed by atoms with Crippen LogP contribution in [0.25, 0.3) is 43.4 Å². The van der Waals surface area contributed by atoms with Crippen molar-refractivity contribution in [3.8, 4) is 11.1 Å². The topological polar surface area (TPSA) is 34.1 Å². The zero-order chi connectivity index (χ0) is 21.4. The first kappa shape index (κ1) is 17.4. The predicted octanol–water partition coefficient (Wildman–Crippen LogP) is 7.03. The van der Waals surface area contributed by atoms with E-state index in [0.717, 1.165) is 21.9 Å². The lowest BCUT2D eigenvalue weighted by Crippen LogP contribution is -2.21. The van der Waals surface area contributed by atoms with Crippen LogP contribution in [-0.2, 0) is 0 Å². The second-order valence-corrected chi connectivity index (χ2v) is 8.40. The summed E-state index contributed by atoms with van der Waals surface area (Å²) < 4.78 is 0. The van der Waals surface area contributed by atoms with Crippen LogP contribution in [0.5, 0.6) is 0 Å². The van der Waals surface area contributed by atoms with Gasteiger partial charge in [0, 0.05) is 22.3 Å². The molecule has 32 heavy (non-hydrogen) atoms. The third-order valence-corrected chi connectivity index (χ3v) is 6.75. The fourth-order valence-electron chi connectivity index (χ4n) is 5.35. The van der Waals surface area contributed by atoms with Crippen molar-refractivity contribution in [3.05, 3.63) is 119 Å². The zero-order valence-electron chi connectivity index (χ0n) is 17.1. The highest BCUT2D eigenvalue weighted by Gasteiger charge is 2.32. The summed E-state index contributed by atoms with van der Waals surface area (Å²) in [6.07, 6.45) is 0. The van der Waals surface area contributed by atoms with Gasteiger partial charge in [-0.05, 0) is 49.5 Å². The van der Waals surface area contributed by atoms with E-state index in [2.05, 4.69) is 54.6 Å². The molecule has 1 aliphatic rings. The van der Waals surface area contributed by atoms with Crippen LogP contribution in [-0.4, -0.2) is 11.6 Å². The third kappa shape index (κ3) is 2.13. The maximum absolute atomic E-state index is 13.6. The molecule has 2 heteroatoms. The molecule has 0 atom stereocenters. The highest BCUT2D eigenvalue weighted by molar-refractivity contribution is 6.32. The summed E-state index contributed by atoms with van der Waals surface area (Å²) >= 11 is 0. The van der Waals surface area contributed by atoms with Crippen LogP contribution in [0.4, 0.5) is 0 Å². The van der Waals surface area contributed by atoms with E-state index in [0.29, 0.717) is 22.3 Å². The lowest BCUT2D eigenvalue weighted by atomic mass is 9.79. The Morgan fingerprint density at radius 2 is 1.00 bits per heavy atom. The van der Waals surface area contributed by atoms with E-state index in [4.69, 9.17) is 0 Å². The number of fused-ring (bicyclic) bond motifs is 2. The van der Waals surface area contributed by atoms with Gasteiger partial charge in [-0.1, -0.05) is 91.0 Å². The van der Waals surface area contributed by atoms with Gasteiger partial charge in [0.25, 0.3) is 0 Å². The molecule has 6 aromatic carbocycles. The Bertz CT molecular complexity index is 1760. The van der Waals surface area contributed by atoms with Gasteiger partial charge in [-0.3, -0.25) is 9.59 Å². The summed E-state index contributed by atoms with van der Waals surface area (Å²) in [6.45, 7) is 0. The van der Waals surface area contributed by atoms with Gasteiger partial charge in [0.05, 0.1) is 0 Å². The van der Waals surface area contributed by atoms with Crippen LogP contribution >= 0.6 is 0 Å². The van der Waals surface area contributed by atoms with E-state index >= 15 is 0 Å². The van der Waals surface area contributed by atoms with Gasteiger partial charge in [0.2, 0.25) is 0 Å². The minimum atomic E-state index is -0.0887. The average molecular weight is 408 g/mol. The Kier molecular flexibility index (Phi) is 3.32. The quantitative estimate of drug-likeness (QED) is 0.273. The lowest BCUT2D eigenvalue weighted by Gasteiger charge is -2.22. The van der Waals surface area contributed by atoms with Crippen molar-refractivity contribution < 1.29 is 9.59 Å². The van der Waals surface area contributed by atoms with Crippen LogP contribution < -0.4 is 0 Å². The van der Waals surface area contributed by atoms with Crippen molar-refractivity contribution in [1.29, 1.82) is 0 Å². The highest BCUT2D eigenvalue weighted by Crippen LogP contribution is 2.42. The summed E-state index contributed by atoms with van der Waals surface area (Å²) in [7, 11) is 0. The van der Waals surface area contributed by atoms with Crippen LogP contribution in [0, 0.1) is 0 Å². The van der Waals surface area contributed by atoms with Crippen LogP contribution in [0.2, 0.25) is 0 Å². The molecule has 0 spiro atoms. The second kappa shape index (κ2) is 6.12. The summed E-state index contributed by atoms with van der Waals surface area (Å²) in [6, 6.07) is 31.8. The SMILES string of the molecule is O=C1c2ccccc2C(=O)c2c1cccc2-c1cc2cccc3ccc4cccc1c4c32. The van der Waals surface area contributed by atoms with Crippen LogP contribution in [0.1, 0.15) is 31.8 Å². The molecule has 0 amide bonds. The van der Waals surface area contributed by atoms with Crippen molar-refractivity contribution in [1.82, 2.24) is 0 Å². The molecule has 148 valence electrons. The number of hydrogen-bond donors (Lipinski definition) is 0. The first-order valence-electron chi connectivity index (χ1n) is 10.7. The van der Waals surface area contributed by atoms with Crippen LogP contribution in [0.15, 0.2) is 97.1 Å². The molecule has 0 aliphatic heterocycles. The molecule has 1 aliphatic carbocycles. The maximum atomic E-state index is 13.6. The van der Waals surface area contributed by atoms with Gasteiger partial charge in [-0.25, -0.2) is 0 Å². The summed E-state index contributed by atoms with van der Waals surface area (Å²) in [5, 5.41) is 7.04. The molecule has 6 aromatic rings. The molecule has 0 heterocycles. The Balaban J connectivity index is 1.63. The fraction of sp³-hybridized carbons (Fsp3) is 0. The van der Waals surface area contributed by atoms with Gasteiger partial charge >= 0.3 is 0 Å². The molecule has 0 N–H and O–H groups in total. The van der Waals surface area contributed by atoms with Crippen molar-refractivity contribution in [2.45, 2.75) is 0 Å². The minimum Gasteiger partial charge on any atom is -0.289 e. The number of carbonyl (C=O) groups is 2. The molecule has 0 radical (unpaired) electrons. The van der Waals surface area contributed by atoms with E-state index in [1.807, 2.05) is 18.2 Å². The molecular formula is C30H16O2. The van der Waals surface area contributed by atoms with E-state index in [1.54, 1.807) is 24.3 Å². The predicted molar refractivity (Wildman–Crippen MR) is 129 cm³/mol. The van der Waals surface area contributed by atoms with E-state index in [1.165, 1.54) is 21.5 Å². The fourth-order valence-corrected chi connectivity index (χ4v) is 5.35. The molecule has 0 unspecified atom stereocenters. The first-order valence-corrected chi connectivity index (χ1v) is 10.7. The zero-order valence-corrected chi connectivity index (χ0v) is 17.1. The van der Waals surface area contributed by atoms with Crippen molar-refractivity contribution in [3.63, 3.8) is 0 Å². The second-order valence-electron chi connectivity index (χ2n) is 8.40. The normalized spacial score (nSPS) is 13.1. The molecule has 0 fully saturated rings. The van der Waals surface area contributed by atoms with Crippen LogP contribution in [0.3, 0.4) is 0 Å². The van der Waals surface area contributed by atoms with Crippen molar-refractivity contribution in [2.24, 2.45) is 0 Å². The summed E-state index contributed by atoms with van der Waals surface area (Å²) in [5.74, 6) is -0.176. The van der Waals surface area contributed by atoms with Gasteiger partial charge in [-0.2, -0.15) is 0 Å². The molecular weight excluding hydrogens is 392 g/mol. The van der Waals surface area contributed by atoms with Crippen molar-refractivity contribution in [2.75, 3.05) is 0 Å². The number of ketones is 2. The monoisotopic (exact) mass is 408 g/mol. The number of carbonyl (C=O) groups excluding carboxylic acids is 2. The maximum Gasteiger partial charge on any atom is 0.195 e. The van der Waals surface area contributed by atoms with Gasteiger partial charge in [0.15, 0.2) is 11.6 Å². The Labute approximate surface area is 184 Å². The minimum absolute atomic E-state index is 0.0871. The Morgan fingerprint density at radius 3 is 1.81 bits per heavy atom. The molecule has 0 saturated heterocycles. The van der Waals surface area contributed by atoms with Gasteiger partial charge in [-0.15, -0.1) is 0 Å². The highest BCUT2D eigenvalue weighted by atomic mass is 16.1. The first-order chi connectivity index (χ1) is 15.7. The molecule has 0 saturated carbocycles. The Hall–Kier alpha value is -4.30. The Morgan fingerprint density at radius 1 is 0.406 bits per heavy atom. The van der Waals surface area contributed by atoms with E-state index < -0.39 is 0 Å². The third-order valence-electron chi connectivity index (χ3n) is 6.75. The summed E-state index contributed by atoms with van der Waals surface area (Å²) in [5.41, 5.74) is 3.75. The standard InChI is InChI=1S/C30H16O2/c31-29-22-9-1-2-10-23(22)30(32)28-21(12-5-13-24(28)29)25-16-19-8-3-6-17-14-15-18-7-4-11-20(25)27(18)26(17)19/h1-16H. The number of hydrogen-bond acceptors (Lipinski definition) is 2. The summed E-state index contributed by atoms with van der Waals surface area (Å²) in [4.78, 5) is 26.9. The molecule has 0 bridgehead atoms. The lowest BCUT2D eigenvalue weighted by molar-refractivity contribution is 0.0979. The number of rotatable bonds is 1. The molecule has 0 aromatic heterocycles. The largest absolute Gasteiger partial charge is 0.289 e. The van der Waals surface area contributed by atoms with E-state index in [-0.39, 0.29) is 11.6 Å². The van der Waals surface area contributed by atoms with Gasteiger partial charge < -0.3 is 0 Å². The number of benzene rings is 6. The molecule has 2 nitrogen and oxygen atoms in total. The molecule has 7 rings (SSSR count).